The SMILES string of the molecule is CC(C)(CCO)CNC(=O)c1ccccc1-c1ccccc1. The largest absolute Gasteiger partial charge is 0.396 e. The van der Waals surface area contributed by atoms with E-state index in [9.17, 15) is 4.79 Å². The van der Waals surface area contributed by atoms with Gasteiger partial charge < -0.3 is 10.4 Å². The molecule has 0 atom stereocenters. The fourth-order valence-corrected chi connectivity index (χ4v) is 2.36. The smallest absolute Gasteiger partial charge is 0.251 e. The molecule has 0 radical (unpaired) electrons. The van der Waals surface area contributed by atoms with Gasteiger partial charge in [0.05, 0.1) is 0 Å². The number of carbonyl (C=O) groups excluding carboxylic acids is 1. The quantitative estimate of drug-likeness (QED) is 0.857. The summed E-state index contributed by atoms with van der Waals surface area (Å²) in [6.07, 6.45) is 0.660. The predicted octanol–water partition coefficient (Wildman–Crippen LogP) is 3.49. The second-order valence-electron chi connectivity index (χ2n) is 6.23. The van der Waals surface area contributed by atoms with Gasteiger partial charge in [-0.3, -0.25) is 4.79 Å². The Bertz CT molecular complexity index is 620. The average molecular weight is 297 g/mol. The number of carbonyl (C=O) groups is 1. The van der Waals surface area contributed by atoms with E-state index >= 15 is 0 Å². The van der Waals surface area contributed by atoms with Gasteiger partial charge in [0, 0.05) is 18.7 Å². The zero-order chi connectivity index (χ0) is 16.0. The maximum Gasteiger partial charge on any atom is 0.251 e. The molecule has 0 aliphatic carbocycles. The fraction of sp³-hybridized carbons (Fsp3) is 0.316. The Labute approximate surface area is 132 Å². The van der Waals surface area contributed by atoms with Gasteiger partial charge in [0.2, 0.25) is 0 Å². The third-order valence-corrected chi connectivity index (χ3v) is 3.77. The zero-order valence-corrected chi connectivity index (χ0v) is 13.2. The van der Waals surface area contributed by atoms with Gasteiger partial charge in [-0.15, -0.1) is 0 Å². The molecule has 0 saturated heterocycles. The lowest BCUT2D eigenvalue weighted by Gasteiger charge is -2.24. The summed E-state index contributed by atoms with van der Waals surface area (Å²) in [5.41, 5.74) is 2.52. The Morgan fingerprint density at radius 1 is 1.05 bits per heavy atom. The van der Waals surface area contributed by atoms with Crippen molar-refractivity contribution in [3.8, 4) is 11.1 Å². The van der Waals surface area contributed by atoms with E-state index in [0.717, 1.165) is 11.1 Å². The van der Waals surface area contributed by atoms with Crippen molar-refractivity contribution in [1.82, 2.24) is 5.32 Å². The molecule has 2 aromatic rings. The van der Waals surface area contributed by atoms with Gasteiger partial charge in [-0.2, -0.15) is 0 Å². The third-order valence-electron chi connectivity index (χ3n) is 3.77. The molecule has 0 heterocycles. The van der Waals surface area contributed by atoms with Crippen molar-refractivity contribution < 1.29 is 9.90 Å². The van der Waals surface area contributed by atoms with Crippen LogP contribution in [0.2, 0.25) is 0 Å². The molecule has 0 aromatic heterocycles. The number of nitrogens with one attached hydrogen (secondary N) is 1. The first kappa shape index (κ1) is 16.2. The minimum atomic E-state index is -0.119. The first-order valence-corrected chi connectivity index (χ1v) is 7.57. The van der Waals surface area contributed by atoms with E-state index < -0.39 is 0 Å². The Morgan fingerprint density at radius 3 is 2.36 bits per heavy atom. The fourth-order valence-electron chi connectivity index (χ4n) is 2.36. The topological polar surface area (TPSA) is 49.3 Å². The molecule has 0 spiro atoms. The minimum absolute atomic E-state index is 0.0783. The van der Waals surface area contributed by atoms with Crippen LogP contribution in [0.15, 0.2) is 54.6 Å². The molecular weight excluding hydrogens is 274 g/mol. The molecule has 0 unspecified atom stereocenters. The van der Waals surface area contributed by atoms with Gasteiger partial charge in [-0.05, 0) is 29.0 Å². The van der Waals surface area contributed by atoms with Crippen molar-refractivity contribution in [2.24, 2.45) is 5.41 Å². The molecule has 1 amide bonds. The van der Waals surface area contributed by atoms with Crippen molar-refractivity contribution in [3.05, 3.63) is 60.2 Å². The first-order chi connectivity index (χ1) is 10.5. The maximum atomic E-state index is 12.5. The molecule has 22 heavy (non-hydrogen) atoms. The normalized spacial score (nSPS) is 11.2. The number of hydrogen-bond donors (Lipinski definition) is 2. The van der Waals surface area contributed by atoms with E-state index in [4.69, 9.17) is 5.11 Å². The molecule has 3 nitrogen and oxygen atoms in total. The van der Waals surface area contributed by atoms with Crippen LogP contribution in [0.1, 0.15) is 30.6 Å². The summed E-state index contributed by atoms with van der Waals surface area (Å²) < 4.78 is 0. The van der Waals surface area contributed by atoms with Crippen molar-refractivity contribution in [3.63, 3.8) is 0 Å². The van der Waals surface area contributed by atoms with Crippen molar-refractivity contribution in [1.29, 1.82) is 0 Å². The van der Waals surface area contributed by atoms with Gasteiger partial charge in [0.15, 0.2) is 0 Å². The molecule has 2 rings (SSSR count). The van der Waals surface area contributed by atoms with Crippen molar-refractivity contribution in [2.45, 2.75) is 20.3 Å². The Kier molecular flexibility index (Phi) is 5.34. The number of amides is 1. The maximum absolute atomic E-state index is 12.5. The highest BCUT2D eigenvalue weighted by atomic mass is 16.3. The molecule has 0 aliphatic heterocycles. The summed E-state index contributed by atoms with van der Waals surface area (Å²) in [7, 11) is 0. The predicted molar refractivity (Wildman–Crippen MR) is 89.7 cm³/mol. The molecule has 116 valence electrons. The summed E-state index contributed by atoms with van der Waals surface area (Å²) in [5.74, 6) is -0.0783. The third kappa shape index (κ3) is 4.18. The Balaban J connectivity index is 2.17. The molecule has 0 fully saturated rings. The van der Waals surface area contributed by atoms with Crippen LogP contribution in [-0.4, -0.2) is 24.2 Å². The summed E-state index contributed by atoms with van der Waals surface area (Å²) >= 11 is 0. The van der Waals surface area contributed by atoms with E-state index in [1.54, 1.807) is 0 Å². The van der Waals surface area contributed by atoms with Gasteiger partial charge in [-0.25, -0.2) is 0 Å². The van der Waals surface area contributed by atoms with E-state index in [1.807, 2.05) is 68.4 Å². The van der Waals surface area contributed by atoms with Gasteiger partial charge >= 0.3 is 0 Å². The molecule has 0 saturated carbocycles. The van der Waals surface area contributed by atoms with Gasteiger partial charge in [-0.1, -0.05) is 62.4 Å². The Morgan fingerprint density at radius 2 is 1.68 bits per heavy atom. The van der Waals surface area contributed by atoms with E-state index in [-0.39, 0.29) is 17.9 Å². The molecule has 3 heteroatoms. The summed E-state index contributed by atoms with van der Waals surface area (Å²) in [4.78, 5) is 12.5. The highest BCUT2D eigenvalue weighted by molar-refractivity contribution is 6.00. The number of rotatable bonds is 6. The highest BCUT2D eigenvalue weighted by Gasteiger charge is 2.19. The van der Waals surface area contributed by atoms with Crippen LogP contribution in [0.4, 0.5) is 0 Å². The number of hydrogen-bond acceptors (Lipinski definition) is 2. The molecule has 0 bridgehead atoms. The lowest BCUT2D eigenvalue weighted by atomic mass is 9.89. The Hall–Kier alpha value is -2.13. The van der Waals surface area contributed by atoms with Crippen LogP contribution >= 0.6 is 0 Å². The second kappa shape index (κ2) is 7.23. The first-order valence-electron chi connectivity index (χ1n) is 7.57. The van der Waals surface area contributed by atoms with Gasteiger partial charge in [0.1, 0.15) is 0 Å². The number of aliphatic hydroxyl groups is 1. The molecule has 2 aromatic carbocycles. The zero-order valence-electron chi connectivity index (χ0n) is 13.2. The van der Waals surface area contributed by atoms with Crippen LogP contribution in [0, 0.1) is 5.41 Å². The summed E-state index contributed by atoms with van der Waals surface area (Å²) in [5, 5.41) is 12.0. The van der Waals surface area contributed by atoms with E-state index in [2.05, 4.69) is 5.32 Å². The van der Waals surface area contributed by atoms with Crippen LogP contribution in [-0.2, 0) is 0 Å². The molecular formula is C19H23NO2. The monoisotopic (exact) mass is 297 g/mol. The molecule has 0 aliphatic rings. The van der Waals surface area contributed by atoms with E-state index in [1.165, 1.54) is 0 Å². The minimum Gasteiger partial charge on any atom is -0.396 e. The number of benzene rings is 2. The van der Waals surface area contributed by atoms with Crippen LogP contribution in [0.3, 0.4) is 0 Å². The number of aliphatic hydroxyl groups excluding tert-OH is 1. The van der Waals surface area contributed by atoms with Crippen LogP contribution in [0.5, 0.6) is 0 Å². The van der Waals surface area contributed by atoms with Crippen molar-refractivity contribution >= 4 is 5.91 Å². The summed E-state index contributed by atoms with van der Waals surface area (Å²) in [6.45, 7) is 4.73. The lowest BCUT2D eigenvalue weighted by Crippen LogP contribution is -2.34. The lowest BCUT2D eigenvalue weighted by molar-refractivity contribution is 0.0929. The van der Waals surface area contributed by atoms with Crippen LogP contribution in [0.25, 0.3) is 11.1 Å². The highest BCUT2D eigenvalue weighted by Crippen LogP contribution is 2.24. The molecule has 2 N–H and O–H groups in total. The van der Waals surface area contributed by atoms with Crippen LogP contribution < -0.4 is 5.32 Å². The summed E-state index contributed by atoms with van der Waals surface area (Å²) in [6, 6.07) is 17.5. The standard InChI is InChI=1S/C19H23NO2/c1-19(2,12-13-21)14-20-18(22)17-11-7-6-10-16(17)15-8-4-3-5-9-15/h3-11,21H,12-14H2,1-2H3,(H,20,22). The second-order valence-corrected chi connectivity index (χ2v) is 6.23. The van der Waals surface area contributed by atoms with Gasteiger partial charge in [0.25, 0.3) is 5.91 Å². The van der Waals surface area contributed by atoms with E-state index in [0.29, 0.717) is 18.5 Å². The average Bonchev–Trinajstić information content (AvgIpc) is 2.53. The van der Waals surface area contributed by atoms with Crippen molar-refractivity contribution in [2.75, 3.05) is 13.2 Å².